The molecular weight excluding hydrogens is 190 g/mol. The van der Waals surface area contributed by atoms with E-state index in [1.54, 1.807) is 7.11 Å². The summed E-state index contributed by atoms with van der Waals surface area (Å²) < 4.78 is 10.3. The van der Waals surface area contributed by atoms with Gasteiger partial charge >= 0.3 is 0 Å². The Morgan fingerprint density at radius 1 is 1.13 bits per heavy atom. The molecule has 1 rings (SSSR count). The van der Waals surface area contributed by atoms with Crippen molar-refractivity contribution < 1.29 is 9.47 Å². The van der Waals surface area contributed by atoms with Crippen LogP contribution in [0.15, 0.2) is 0 Å². The molecule has 1 saturated carbocycles. The summed E-state index contributed by atoms with van der Waals surface area (Å²) in [6.45, 7) is 1.97. The van der Waals surface area contributed by atoms with Crippen LogP contribution in [0.4, 0.5) is 0 Å². The zero-order chi connectivity index (χ0) is 11.0. The molecule has 0 heterocycles. The Bertz CT molecular complexity index is 204. The van der Waals surface area contributed by atoms with Gasteiger partial charge in [-0.3, -0.25) is 0 Å². The van der Waals surface area contributed by atoms with Crippen LogP contribution >= 0.6 is 0 Å². The molecule has 0 aromatic carbocycles. The lowest BCUT2D eigenvalue weighted by molar-refractivity contribution is 0.0532. The summed E-state index contributed by atoms with van der Waals surface area (Å²) in [5.74, 6) is 0. The number of rotatable bonds is 6. The molecule has 0 radical (unpaired) electrons. The van der Waals surface area contributed by atoms with Crippen molar-refractivity contribution in [2.45, 2.75) is 38.5 Å². The van der Waals surface area contributed by atoms with E-state index in [0.29, 0.717) is 19.8 Å². The Hall–Kier alpha value is -0.590. The van der Waals surface area contributed by atoms with Crippen LogP contribution in [0.25, 0.3) is 0 Å². The molecule has 0 bridgehead atoms. The summed E-state index contributed by atoms with van der Waals surface area (Å²) in [5.41, 5.74) is -0.0919. The number of ether oxygens (including phenoxy) is 2. The summed E-state index contributed by atoms with van der Waals surface area (Å²) in [6, 6.07) is 2.50. The Morgan fingerprint density at radius 2 is 1.87 bits per heavy atom. The molecule has 0 aliphatic heterocycles. The van der Waals surface area contributed by atoms with Crippen LogP contribution in [0.1, 0.15) is 38.5 Å². The van der Waals surface area contributed by atoms with Gasteiger partial charge in [0, 0.05) is 13.7 Å². The van der Waals surface area contributed by atoms with Gasteiger partial charge in [0.1, 0.15) is 0 Å². The van der Waals surface area contributed by atoms with Crippen LogP contribution in [0.5, 0.6) is 0 Å². The molecule has 1 fully saturated rings. The van der Waals surface area contributed by atoms with E-state index in [-0.39, 0.29) is 5.41 Å². The largest absolute Gasteiger partial charge is 0.382 e. The highest BCUT2D eigenvalue weighted by molar-refractivity contribution is 5.00. The fourth-order valence-electron chi connectivity index (χ4n) is 2.16. The maximum atomic E-state index is 9.21. The molecular formula is C12H21NO2. The van der Waals surface area contributed by atoms with Crippen LogP contribution in [0, 0.1) is 16.7 Å². The Morgan fingerprint density at radius 3 is 2.47 bits per heavy atom. The topological polar surface area (TPSA) is 42.2 Å². The highest BCUT2D eigenvalue weighted by atomic mass is 16.5. The van der Waals surface area contributed by atoms with Crippen molar-refractivity contribution >= 4 is 0 Å². The van der Waals surface area contributed by atoms with Crippen molar-refractivity contribution in [2.75, 3.05) is 26.9 Å². The lowest BCUT2D eigenvalue weighted by Gasteiger charge is -2.30. The van der Waals surface area contributed by atoms with Crippen LogP contribution in [0.3, 0.4) is 0 Å². The van der Waals surface area contributed by atoms with Gasteiger partial charge in [0.25, 0.3) is 0 Å². The van der Waals surface area contributed by atoms with Gasteiger partial charge in [-0.2, -0.15) is 5.26 Å². The van der Waals surface area contributed by atoms with Gasteiger partial charge in [-0.15, -0.1) is 0 Å². The average molecular weight is 211 g/mol. The number of hydrogen-bond acceptors (Lipinski definition) is 3. The van der Waals surface area contributed by atoms with Crippen LogP contribution in [-0.2, 0) is 9.47 Å². The van der Waals surface area contributed by atoms with Gasteiger partial charge in [0.15, 0.2) is 0 Å². The summed E-state index contributed by atoms with van der Waals surface area (Å²) in [7, 11) is 1.67. The zero-order valence-electron chi connectivity index (χ0n) is 9.63. The maximum Gasteiger partial charge on any atom is 0.0700 e. The third kappa shape index (κ3) is 4.19. The quantitative estimate of drug-likeness (QED) is 0.634. The molecule has 0 saturated heterocycles. The zero-order valence-corrected chi connectivity index (χ0v) is 9.63. The predicted molar refractivity (Wildman–Crippen MR) is 58.4 cm³/mol. The first-order chi connectivity index (χ1) is 7.33. The van der Waals surface area contributed by atoms with E-state index in [2.05, 4.69) is 6.07 Å². The molecule has 86 valence electrons. The van der Waals surface area contributed by atoms with Crippen molar-refractivity contribution in [1.82, 2.24) is 0 Å². The molecule has 0 spiro atoms. The normalized spacial score (nSPS) is 19.7. The molecule has 15 heavy (non-hydrogen) atoms. The van der Waals surface area contributed by atoms with E-state index in [9.17, 15) is 5.26 Å². The Labute approximate surface area is 92.4 Å². The van der Waals surface area contributed by atoms with Crippen molar-refractivity contribution in [3.63, 3.8) is 0 Å². The number of nitrogens with zero attached hydrogens (tertiary/aromatic N) is 1. The Kier molecular flexibility index (Phi) is 5.67. The van der Waals surface area contributed by atoms with E-state index in [0.717, 1.165) is 19.3 Å². The lowest BCUT2D eigenvalue weighted by Crippen LogP contribution is -2.24. The third-order valence-electron chi connectivity index (χ3n) is 3.20. The first-order valence-electron chi connectivity index (χ1n) is 5.81. The smallest absolute Gasteiger partial charge is 0.0700 e. The maximum absolute atomic E-state index is 9.21. The SMILES string of the molecule is COCCOCCC1(C#N)CCCCC1. The first kappa shape index (κ1) is 12.5. The van der Waals surface area contributed by atoms with Crippen LogP contribution in [0.2, 0.25) is 0 Å². The van der Waals surface area contributed by atoms with Gasteiger partial charge in [0.2, 0.25) is 0 Å². The molecule has 1 aliphatic carbocycles. The molecule has 3 nitrogen and oxygen atoms in total. The van der Waals surface area contributed by atoms with Crippen molar-refractivity contribution in [3.8, 4) is 6.07 Å². The fourth-order valence-corrected chi connectivity index (χ4v) is 2.16. The van der Waals surface area contributed by atoms with E-state index in [1.165, 1.54) is 19.3 Å². The highest BCUT2D eigenvalue weighted by Gasteiger charge is 2.31. The molecule has 0 N–H and O–H groups in total. The number of methoxy groups -OCH3 is 1. The minimum atomic E-state index is -0.0919. The van der Waals surface area contributed by atoms with Crippen LogP contribution in [-0.4, -0.2) is 26.9 Å². The summed E-state index contributed by atoms with van der Waals surface area (Å²) >= 11 is 0. The monoisotopic (exact) mass is 211 g/mol. The lowest BCUT2D eigenvalue weighted by atomic mass is 9.73. The highest BCUT2D eigenvalue weighted by Crippen LogP contribution is 2.38. The van der Waals surface area contributed by atoms with E-state index in [4.69, 9.17) is 9.47 Å². The summed E-state index contributed by atoms with van der Waals surface area (Å²) in [5, 5.41) is 9.21. The summed E-state index contributed by atoms with van der Waals surface area (Å²) in [4.78, 5) is 0. The standard InChI is InChI=1S/C12H21NO2/c1-14-9-10-15-8-7-12(11-13)5-3-2-4-6-12/h2-10H2,1H3. The molecule has 3 heteroatoms. The summed E-state index contributed by atoms with van der Waals surface area (Å²) in [6.07, 6.45) is 6.67. The molecule has 0 aromatic heterocycles. The molecule has 0 unspecified atom stereocenters. The minimum absolute atomic E-state index is 0.0919. The molecule has 0 aromatic rings. The van der Waals surface area contributed by atoms with Crippen molar-refractivity contribution in [2.24, 2.45) is 5.41 Å². The van der Waals surface area contributed by atoms with Gasteiger partial charge in [-0.25, -0.2) is 0 Å². The second-order valence-corrected chi connectivity index (χ2v) is 4.31. The van der Waals surface area contributed by atoms with Crippen molar-refractivity contribution in [3.05, 3.63) is 0 Å². The second kappa shape index (κ2) is 6.81. The van der Waals surface area contributed by atoms with Gasteiger partial charge in [0.05, 0.1) is 24.7 Å². The predicted octanol–water partition coefficient (Wildman–Crippen LogP) is 2.51. The van der Waals surface area contributed by atoms with E-state index in [1.807, 2.05) is 0 Å². The second-order valence-electron chi connectivity index (χ2n) is 4.31. The molecule has 0 amide bonds. The minimum Gasteiger partial charge on any atom is -0.382 e. The van der Waals surface area contributed by atoms with E-state index >= 15 is 0 Å². The van der Waals surface area contributed by atoms with Crippen LogP contribution < -0.4 is 0 Å². The average Bonchev–Trinajstić information content (AvgIpc) is 2.30. The molecule has 0 atom stereocenters. The van der Waals surface area contributed by atoms with Gasteiger partial charge in [-0.05, 0) is 19.3 Å². The Balaban J connectivity index is 2.19. The number of nitriles is 1. The van der Waals surface area contributed by atoms with Gasteiger partial charge in [-0.1, -0.05) is 19.3 Å². The van der Waals surface area contributed by atoms with E-state index < -0.39 is 0 Å². The van der Waals surface area contributed by atoms with Crippen molar-refractivity contribution in [1.29, 1.82) is 5.26 Å². The third-order valence-corrected chi connectivity index (χ3v) is 3.20. The first-order valence-corrected chi connectivity index (χ1v) is 5.81. The fraction of sp³-hybridized carbons (Fsp3) is 0.917. The van der Waals surface area contributed by atoms with Gasteiger partial charge < -0.3 is 9.47 Å². The number of hydrogen-bond donors (Lipinski definition) is 0. The molecule has 1 aliphatic rings.